The Labute approximate surface area is 133 Å². The number of ether oxygens (including phenoxy) is 1. The largest absolute Gasteiger partial charge is 0.445 e. The van der Waals surface area contributed by atoms with Crippen LogP contribution in [0, 0.1) is 0 Å². The van der Waals surface area contributed by atoms with Crippen molar-refractivity contribution in [2.45, 2.75) is 25.5 Å². The molecule has 1 saturated heterocycles. The Balaban J connectivity index is 1.65. The Hall–Kier alpha value is -2.14. The second-order valence-corrected chi connectivity index (χ2v) is 5.56. The summed E-state index contributed by atoms with van der Waals surface area (Å²) < 4.78 is 5.40. The molecule has 0 N–H and O–H groups in total. The van der Waals surface area contributed by atoms with Crippen molar-refractivity contribution in [1.82, 2.24) is 15.1 Å². The molecule has 1 aromatic carbocycles. The zero-order chi connectivity index (χ0) is 15.4. The lowest BCUT2D eigenvalue weighted by Crippen LogP contribution is -2.31. The molecule has 6 heteroatoms. The fourth-order valence-electron chi connectivity index (χ4n) is 2.60. The molecular formula is C16H16ClN3O2. The van der Waals surface area contributed by atoms with Crippen LogP contribution in [0.25, 0.3) is 0 Å². The number of likely N-dealkylation sites (tertiary alicyclic amines) is 1. The standard InChI is InChI=1S/C16H16ClN3O2/c17-15-9-8-13(18-19-15)14-7-4-10-20(14)16(21)22-11-12-5-2-1-3-6-12/h1-3,5-6,8-9,14H,4,7,10-11H2. The van der Waals surface area contributed by atoms with Gasteiger partial charge in [0.25, 0.3) is 0 Å². The highest BCUT2D eigenvalue weighted by atomic mass is 35.5. The maximum atomic E-state index is 12.3. The topological polar surface area (TPSA) is 55.3 Å². The van der Waals surface area contributed by atoms with E-state index >= 15 is 0 Å². The van der Waals surface area contributed by atoms with Crippen LogP contribution in [0.4, 0.5) is 4.79 Å². The molecule has 3 rings (SSSR count). The molecule has 1 aliphatic heterocycles. The fourth-order valence-corrected chi connectivity index (χ4v) is 2.70. The third-order valence-electron chi connectivity index (χ3n) is 3.69. The summed E-state index contributed by atoms with van der Waals surface area (Å²) in [5.74, 6) is 0. The lowest BCUT2D eigenvalue weighted by molar-refractivity contribution is 0.0914. The molecule has 0 bridgehead atoms. The molecule has 2 heterocycles. The van der Waals surface area contributed by atoms with Gasteiger partial charge >= 0.3 is 6.09 Å². The Morgan fingerprint density at radius 1 is 1.23 bits per heavy atom. The average Bonchev–Trinajstić information content (AvgIpc) is 3.04. The molecule has 0 saturated carbocycles. The van der Waals surface area contributed by atoms with Gasteiger partial charge in [0, 0.05) is 6.54 Å². The molecule has 1 aromatic heterocycles. The third kappa shape index (κ3) is 3.36. The minimum Gasteiger partial charge on any atom is -0.445 e. The number of carbonyl (C=O) groups is 1. The molecule has 0 radical (unpaired) electrons. The molecule has 5 nitrogen and oxygen atoms in total. The maximum Gasteiger partial charge on any atom is 0.410 e. The van der Waals surface area contributed by atoms with E-state index in [-0.39, 0.29) is 18.7 Å². The maximum absolute atomic E-state index is 12.3. The molecule has 1 amide bonds. The number of amides is 1. The smallest absolute Gasteiger partial charge is 0.410 e. The Morgan fingerprint density at radius 2 is 2.05 bits per heavy atom. The van der Waals surface area contributed by atoms with Crippen LogP contribution in [0.1, 0.15) is 30.1 Å². The number of halogens is 1. The van der Waals surface area contributed by atoms with Crippen molar-refractivity contribution in [3.8, 4) is 0 Å². The summed E-state index contributed by atoms with van der Waals surface area (Å²) in [5.41, 5.74) is 1.72. The van der Waals surface area contributed by atoms with E-state index in [1.54, 1.807) is 11.0 Å². The van der Waals surface area contributed by atoms with Gasteiger partial charge in [-0.15, -0.1) is 5.10 Å². The van der Waals surface area contributed by atoms with Crippen molar-refractivity contribution in [2.24, 2.45) is 0 Å². The monoisotopic (exact) mass is 317 g/mol. The quantitative estimate of drug-likeness (QED) is 0.868. The van der Waals surface area contributed by atoms with E-state index in [4.69, 9.17) is 16.3 Å². The van der Waals surface area contributed by atoms with Crippen LogP contribution in [-0.2, 0) is 11.3 Å². The van der Waals surface area contributed by atoms with Gasteiger partial charge in [0.05, 0.1) is 11.7 Å². The van der Waals surface area contributed by atoms with E-state index in [2.05, 4.69) is 10.2 Å². The molecule has 22 heavy (non-hydrogen) atoms. The van der Waals surface area contributed by atoms with Crippen LogP contribution in [0.5, 0.6) is 0 Å². The molecule has 0 spiro atoms. The van der Waals surface area contributed by atoms with Crippen molar-refractivity contribution in [3.63, 3.8) is 0 Å². The normalized spacial score (nSPS) is 17.5. The van der Waals surface area contributed by atoms with Crippen molar-refractivity contribution in [1.29, 1.82) is 0 Å². The number of aromatic nitrogens is 2. The molecule has 0 aliphatic carbocycles. The highest BCUT2D eigenvalue weighted by Crippen LogP contribution is 2.31. The van der Waals surface area contributed by atoms with Gasteiger partial charge in [0.1, 0.15) is 6.61 Å². The van der Waals surface area contributed by atoms with Gasteiger partial charge in [0.2, 0.25) is 0 Å². The minimum atomic E-state index is -0.317. The van der Waals surface area contributed by atoms with Gasteiger partial charge in [-0.2, -0.15) is 5.10 Å². The van der Waals surface area contributed by atoms with Crippen molar-refractivity contribution >= 4 is 17.7 Å². The third-order valence-corrected chi connectivity index (χ3v) is 3.89. The lowest BCUT2D eigenvalue weighted by atomic mass is 10.1. The molecule has 1 unspecified atom stereocenters. The van der Waals surface area contributed by atoms with Crippen LogP contribution in [0.2, 0.25) is 5.15 Å². The lowest BCUT2D eigenvalue weighted by Gasteiger charge is -2.23. The van der Waals surface area contributed by atoms with Gasteiger partial charge in [-0.1, -0.05) is 41.9 Å². The number of carbonyl (C=O) groups excluding carboxylic acids is 1. The van der Waals surface area contributed by atoms with Crippen molar-refractivity contribution < 1.29 is 9.53 Å². The molecule has 1 aliphatic rings. The number of nitrogens with zero attached hydrogens (tertiary/aromatic N) is 3. The Morgan fingerprint density at radius 3 is 2.77 bits per heavy atom. The predicted molar refractivity (Wildman–Crippen MR) is 82.4 cm³/mol. The van der Waals surface area contributed by atoms with E-state index < -0.39 is 0 Å². The summed E-state index contributed by atoms with van der Waals surface area (Å²) in [6, 6.07) is 13.0. The van der Waals surface area contributed by atoms with E-state index in [0.717, 1.165) is 24.1 Å². The zero-order valence-electron chi connectivity index (χ0n) is 12.0. The summed E-state index contributed by atoms with van der Waals surface area (Å²) in [4.78, 5) is 14.0. The SMILES string of the molecule is O=C(OCc1ccccc1)N1CCCC1c1ccc(Cl)nn1. The summed E-state index contributed by atoms with van der Waals surface area (Å²) in [6.45, 7) is 0.942. The molecule has 1 atom stereocenters. The van der Waals surface area contributed by atoms with Gasteiger partial charge in [0.15, 0.2) is 5.15 Å². The first kappa shape index (κ1) is 14.8. The predicted octanol–water partition coefficient (Wildman–Crippen LogP) is 3.60. The first-order valence-corrected chi connectivity index (χ1v) is 7.58. The highest BCUT2D eigenvalue weighted by molar-refractivity contribution is 6.29. The summed E-state index contributed by atoms with van der Waals surface area (Å²) >= 11 is 5.76. The van der Waals surface area contributed by atoms with Crippen LogP contribution in [0.3, 0.4) is 0 Å². The first-order chi connectivity index (χ1) is 10.7. The second kappa shape index (κ2) is 6.75. The summed E-state index contributed by atoms with van der Waals surface area (Å²) in [5, 5.41) is 8.27. The van der Waals surface area contributed by atoms with Gasteiger partial charge in [-0.3, -0.25) is 4.90 Å². The van der Waals surface area contributed by atoms with Crippen molar-refractivity contribution in [3.05, 3.63) is 58.9 Å². The van der Waals surface area contributed by atoms with Crippen molar-refractivity contribution in [2.75, 3.05) is 6.54 Å². The second-order valence-electron chi connectivity index (χ2n) is 5.17. The number of rotatable bonds is 3. The average molecular weight is 318 g/mol. The fraction of sp³-hybridized carbons (Fsp3) is 0.312. The van der Waals surface area contributed by atoms with E-state index in [9.17, 15) is 4.79 Å². The van der Waals surface area contributed by atoms with E-state index in [1.165, 1.54) is 0 Å². The summed E-state index contributed by atoms with van der Waals surface area (Å²) in [7, 11) is 0. The Kier molecular flexibility index (Phi) is 4.53. The molecule has 1 fully saturated rings. The molecule has 114 valence electrons. The van der Waals surface area contributed by atoms with Crippen LogP contribution < -0.4 is 0 Å². The number of benzene rings is 1. The summed E-state index contributed by atoms with van der Waals surface area (Å²) in [6.07, 6.45) is 1.47. The van der Waals surface area contributed by atoms with Crippen LogP contribution in [0.15, 0.2) is 42.5 Å². The van der Waals surface area contributed by atoms with Gasteiger partial charge in [-0.25, -0.2) is 4.79 Å². The van der Waals surface area contributed by atoms with E-state index in [0.29, 0.717) is 11.7 Å². The number of hydrogen-bond acceptors (Lipinski definition) is 4. The minimum absolute atomic E-state index is 0.0898. The van der Waals surface area contributed by atoms with Crippen LogP contribution in [-0.4, -0.2) is 27.7 Å². The first-order valence-electron chi connectivity index (χ1n) is 7.20. The van der Waals surface area contributed by atoms with Gasteiger partial charge in [-0.05, 0) is 30.5 Å². The van der Waals surface area contributed by atoms with Crippen LogP contribution >= 0.6 is 11.6 Å². The molecular weight excluding hydrogens is 302 g/mol. The Bertz CT molecular complexity index is 634. The number of hydrogen-bond donors (Lipinski definition) is 0. The molecule has 2 aromatic rings. The highest BCUT2D eigenvalue weighted by Gasteiger charge is 2.32. The zero-order valence-corrected chi connectivity index (χ0v) is 12.7. The van der Waals surface area contributed by atoms with E-state index in [1.807, 2.05) is 36.4 Å². The van der Waals surface area contributed by atoms with Gasteiger partial charge < -0.3 is 4.74 Å².